The molecule has 2 rings (SSSR count). The van der Waals surface area contributed by atoms with Crippen molar-refractivity contribution >= 4 is 33.2 Å². The molecular formula is C12H11BrN4O4. The number of non-ortho nitro benzene ring substituents is 1. The Balaban J connectivity index is 2.11. The average Bonchev–Trinajstić information content (AvgIpc) is 2.84. The predicted molar refractivity (Wildman–Crippen MR) is 78.2 cm³/mol. The molecule has 1 heterocycles. The van der Waals surface area contributed by atoms with Crippen LogP contribution in [0.3, 0.4) is 0 Å². The van der Waals surface area contributed by atoms with Crippen LogP contribution in [0.5, 0.6) is 5.75 Å². The second-order valence-corrected chi connectivity index (χ2v) is 4.96. The minimum atomic E-state index is -0.532. The molecule has 1 N–H and O–H groups in total. The Morgan fingerprint density at radius 3 is 2.90 bits per heavy atom. The number of hydrogen-bond donors (Lipinski definition) is 1. The minimum absolute atomic E-state index is 0.0196. The summed E-state index contributed by atoms with van der Waals surface area (Å²) in [6.45, 7) is 0.0196. The number of nitrogens with zero attached hydrogens (tertiary/aromatic N) is 3. The van der Waals surface area contributed by atoms with Gasteiger partial charge >= 0.3 is 0 Å². The molecule has 0 atom stereocenters. The van der Waals surface area contributed by atoms with Crippen molar-refractivity contribution in [3.63, 3.8) is 0 Å². The van der Waals surface area contributed by atoms with Gasteiger partial charge in [0, 0.05) is 12.3 Å². The lowest BCUT2D eigenvalue weighted by molar-refractivity contribution is -0.384. The molecule has 0 aliphatic heterocycles. The van der Waals surface area contributed by atoms with E-state index in [1.165, 1.54) is 30.0 Å². The molecule has 0 saturated heterocycles. The Morgan fingerprint density at radius 2 is 2.33 bits per heavy atom. The molecule has 8 nitrogen and oxygen atoms in total. The normalized spacial score (nSPS) is 10.2. The van der Waals surface area contributed by atoms with Crippen LogP contribution in [-0.4, -0.2) is 27.7 Å². The maximum Gasteiger partial charge on any atom is 0.273 e. The number of ether oxygens (including phenoxy) is 1. The van der Waals surface area contributed by atoms with E-state index in [9.17, 15) is 14.9 Å². The van der Waals surface area contributed by atoms with Crippen LogP contribution in [-0.2, 0) is 11.3 Å². The van der Waals surface area contributed by atoms with Crippen molar-refractivity contribution in [3.8, 4) is 5.75 Å². The number of nitrogens with one attached hydrogen (secondary N) is 1. The monoisotopic (exact) mass is 354 g/mol. The van der Waals surface area contributed by atoms with Crippen molar-refractivity contribution in [2.24, 2.45) is 0 Å². The highest BCUT2D eigenvalue weighted by Crippen LogP contribution is 2.28. The number of halogens is 1. The van der Waals surface area contributed by atoms with Crippen LogP contribution in [0.4, 0.5) is 11.4 Å². The Bertz CT molecular complexity index is 686. The number of hydrogen-bond acceptors (Lipinski definition) is 5. The quantitative estimate of drug-likeness (QED) is 0.655. The van der Waals surface area contributed by atoms with Crippen LogP contribution in [0.2, 0.25) is 0 Å². The lowest BCUT2D eigenvalue weighted by Crippen LogP contribution is -2.19. The van der Waals surface area contributed by atoms with Gasteiger partial charge in [-0.15, -0.1) is 0 Å². The second kappa shape index (κ2) is 6.35. The number of aromatic nitrogens is 2. The summed E-state index contributed by atoms with van der Waals surface area (Å²) in [5, 5.41) is 17.3. The Morgan fingerprint density at radius 1 is 1.57 bits per heavy atom. The number of amides is 1. The maximum absolute atomic E-state index is 11.9. The van der Waals surface area contributed by atoms with Gasteiger partial charge in [-0.2, -0.15) is 5.10 Å². The van der Waals surface area contributed by atoms with E-state index >= 15 is 0 Å². The number of nitro benzene ring substituents is 1. The van der Waals surface area contributed by atoms with Crippen molar-refractivity contribution < 1.29 is 14.5 Å². The van der Waals surface area contributed by atoms with E-state index in [1.807, 2.05) is 0 Å². The average molecular weight is 355 g/mol. The number of benzene rings is 1. The predicted octanol–water partition coefficient (Wildman–Crippen LogP) is 2.20. The zero-order valence-corrected chi connectivity index (χ0v) is 12.5. The SMILES string of the molecule is COc1cc([N+](=O)[O-])ccc1NC(=O)Cn1cc(Br)cn1. The molecule has 1 aromatic heterocycles. The Labute approximate surface area is 128 Å². The summed E-state index contributed by atoms with van der Waals surface area (Å²) in [7, 11) is 1.37. The molecule has 0 aliphatic carbocycles. The summed E-state index contributed by atoms with van der Waals surface area (Å²) >= 11 is 3.23. The molecule has 21 heavy (non-hydrogen) atoms. The van der Waals surface area contributed by atoms with Gasteiger partial charge in [0.05, 0.1) is 34.5 Å². The molecule has 110 valence electrons. The van der Waals surface area contributed by atoms with Gasteiger partial charge < -0.3 is 10.1 Å². The lowest BCUT2D eigenvalue weighted by atomic mass is 10.2. The zero-order chi connectivity index (χ0) is 15.4. The van der Waals surface area contributed by atoms with E-state index in [0.717, 1.165) is 4.47 Å². The molecule has 0 unspecified atom stereocenters. The van der Waals surface area contributed by atoms with E-state index in [0.29, 0.717) is 5.69 Å². The number of methoxy groups -OCH3 is 1. The van der Waals surface area contributed by atoms with Crippen LogP contribution in [0.25, 0.3) is 0 Å². The van der Waals surface area contributed by atoms with Crippen LogP contribution in [0.1, 0.15) is 0 Å². The molecule has 1 aromatic carbocycles. The number of anilines is 1. The number of nitro groups is 1. The van der Waals surface area contributed by atoms with Gasteiger partial charge in [-0.05, 0) is 22.0 Å². The molecule has 1 amide bonds. The first-order valence-electron chi connectivity index (χ1n) is 5.80. The molecule has 2 aromatic rings. The lowest BCUT2D eigenvalue weighted by Gasteiger charge is -2.10. The smallest absolute Gasteiger partial charge is 0.273 e. The first-order chi connectivity index (χ1) is 9.99. The molecule has 0 bridgehead atoms. The summed E-state index contributed by atoms with van der Waals surface area (Å²) in [5.41, 5.74) is 0.250. The molecule has 0 spiro atoms. The van der Waals surface area contributed by atoms with Gasteiger partial charge in [0.15, 0.2) is 0 Å². The Kier molecular flexibility index (Phi) is 4.53. The summed E-state index contributed by atoms with van der Waals surface area (Å²) in [5.74, 6) is -0.100. The molecule has 0 aliphatic rings. The molecular weight excluding hydrogens is 344 g/mol. The third kappa shape index (κ3) is 3.78. The summed E-state index contributed by atoms with van der Waals surface area (Å²) in [6, 6.07) is 3.97. The van der Waals surface area contributed by atoms with Gasteiger partial charge in [0.25, 0.3) is 5.69 Å². The van der Waals surface area contributed by atoms with Gasteiger partial charge in [0.1, 0.15) is 12.3 Å². The van der Waals surface area contributed by atoms with E-state index in [-0.39, 0.29) is 23.9 Å². The van der Waals surface area contributed by atoms with E-state index in [1.54, 1.807) is 12.4 Å². The summed E-state index contributed by atoms with van der Waals surface area (Å²) in [6.07, 6.45) is 3.23. The molecule has 9 heteroatoms. The van der Waals surface area contributed by atoms with Crippen LogP contribution < -0.4 is 10.1 Å². The third-order valence-corrected chi connectivity index (χ3v) is 2.99. The highest BCUT2D eigenvalue weighted by molar-refractivity contribution is 9.10. The van der Waals surface area contributed by atoms with E-state index < -0.39 is 4.92 Å². The van der Waals surface area contributed by atoms with E-state index in [2.05, 4.69) is 26.3 Å². The molecule has 0 saturated carbocycles. The molecule has 0 radical (unpaired) electrons. The fourth-order valence-corrected chi connectivity index (χ4v) is 1.99. The second-order valence-electron chi connectivity index (χ2n) is 4.05. The first-order valence-corrected chi connectivity index (χ1v) is 6.59. The van der Waals surface area contributed by atoms with Crippen LogP contribution >= 0.6 is 15.9 Å². The number of rotatable bonds is 5. The molecule has 0 fully saturated rings. The number of carbonyl (C=O) groups excluding carboxylic acids is 1. The maximum atomic E-state index is 11.9. The minimum Gasteiger partial charge on any atom is -0.494 e. The largest absolute Gasteiger partial charge is 0.494 e. The van der Waals surface area contributed by atoms with Gasteiger partial charge in [-0.1, -0.05) is 0 Å². The van der Waals surface area contributed by atoms with Crippen molar-refractivity contribution in [2.45, 2.75) is 6.54 Å². The highest BCUT2D eigenvalue weighted by Gasteiger charge is 2.13. The summed E-state index contributed by atoms with van der Waals surface area (Å²) in [4.78, 5) is 22.1. The van der Waals surface area contributed by atoms with Crippen molar-refractivity contribution in [1.29, 1.82) is 0 Å². The van der Waals surface area contributed by atoms with E-state index in [4.69, 9.17) is 4.74 Å². The van der Waals surface area contributed by atoms with Crippen molar-refractivity contribution in [2.75, 3.05) is 12.4 Å². The third-order valence-electron chi connectivity index (χ3n) is 2.58. The van der Waals surface area contributed by atoms with Crippen LogP contribution in [0.15, 0.2) is 35.1 Å². The fourth-order valence-electron chi connectivity index (χ4n) is 1.66. The first kappa shape index (κ1) is 15.0. The van der Waals surface area contributed by atoms with Gasteiger partial charge in [0.2, 0.25) is 5.91 Å². The fraction of sp³-hybridized carbons (Fsp3) is 0.167. The topological polar surface area (TPSA) is 99.3 Å². The number of carbonyl (C=O) groups is 1. The van der Waals surface area contributed by atoms with Crippen LogP contribution in [0, 0.1) is 10.1 Å². The zero-order valence-electron chi connectivity index (χ0n) is 10.9. The Hall–Kier alpha value is -2.42. The van der Waals surface area contributed by atoms with Gasteiger partial charge in [-0.25, -0.2) is 0 Å². The standard InChI is InChI=1S/C12H11BrN4O4/c1-21-11-4-9(17(19)20)2-3-10(11)15-12(18)7-16-6-8(13)5-14-16/h2-6H,7H2,1H3,(H,15,18). The highest BCUT2D eigenvalue weighted by atomic mass is 79.9. The summed E-state index contributed by atoms with van der Waals surface area (Å²) < 4.78 is 7.26. The van der Waals surface area contributed by atoms with Crippen molar-refractivity contribution in [1.82, 2.24) is 9.78 Å². The van der Waals surface area contributed by atoms with Gasteiger partial charge in [-0.3, -0.25) is 19.6 Å². The van der Waals surface area contributed by atoms with Crippen molar-refractivity contribution in [3.05, 3.63) is 45.2 Å².